The molecule has 2 aromatic rings. The molecule has 0 spiro atoms. The molecule has 0 aliphatic carbocycles. The topological polar surface area (TPSA) is 64.3 Å². The molecule has 0 aliphatic heterocycles. The van der Waals surface area contributed by atoms with E-state index in [1.165, 1.54) is 7.11 Å². The summed E-state index contributed by atoms with van der Waals surface area (Å²) in [6.07, 6.45) is 0. The van der Waals surface area contributed by atoms with Crippen molar-refractivity contribution >= 4 is 17.3 Å². The average molecular weight is 256 g/mol. The van der Waals surface area contributed by atoms with Crippen LogP contribution < -0.4 is 11.1 Å². The minimum atomic E-state index is -0.360. The first-order valence-corrected chi connectivity index (χ1v) is 5.98. The number of esters is 1. The van der Waals surface area contributed by atoms with Crippen molar-refractivity contribution in [3.63, 3.8) is 0 Å². The summed E-state index contributed by atoms with van der Waals surface area (Å²) in [4.78, 5) is 11.6. The molecular formula is C15H16N2O2. The highest BCUT2D eigenvalue weighted by atomic mass is 16.5. The van der Waals surface area contributed by atoms with Crippen LogP contribution >= 0.6 is 0 Å². The maximum atomic E-state index is 11.6. The molecule has 0 bridgehead atoms. The van der Waals surface area contributed by atoms with Crippen LogP contribution in [0.15, 0.2) is 48.5 Å². The Bertz CT molecular complexity index is 565. The van der Waals surface area contributed by atoms with Gasteiger partial charge in [0.2, 0.25) is 0 Å². The maximum absolute atomic E-state index is 11.6. The zero-order chi connectivity index (χ0) is 13.7. The molecule has 2 rings (SSSR count). The highest BCUT2D eigenvalue weighted by Gasteiger charge is 2.10. The van der Waals surface area contributed by atoms with E-state index >= 15 is 0 Å². The van der Waals surface area contributed by atoms with Gasteiger partial charge in [-0.1, -0.05) is 24.3 Å². The van der Waals surface area contributed by atoms with Crippen molar-refractivity contribution in [2.75, 3.05) is 12.4 Å². The first-order chi connectivity index (χ1) is 9.24. The van der Waals surface area contributed by atoms with Crippen LogP contribution in [-0.2, 0) is 11.3 Å². The molecule has 19 heavy (non-hydrogen) atoms. The molecule has 0 saturated heterocycles. The third-order valence-electron chi connectivity index (χ3n) is 2.80. The molecule has 0 aromatic heterocycles. The van der Waals surface area contributed by atoms with Gasteiger partial charge in [0.15, 0.2) is 0 Å². The van der Waals surface area contributed by atoms with Crippen molar-refractivity contribution in [1.82, 2.24) is 0 Å². The summed E-state index contributed by atoms with van der Waals surface area (Å²) in [5, 5.41) is 3.20. The molecule has 0 unspecified atom stereocenters. The summed E-state index contributed by atoms with van der Waals surface area (Å²) >= 11 is 0. The van der Waals surface area contributed by atoms with E-state index in [1.54, 1.807) is 12.1 Å². The van der Waals surface area contributed by atoms with Gasteiger partial charge in [0.25, 0.3) is 0 Å². The van der Waals surface area contributed by atoms with Crippen LogP contribution in [0.3, 0.4) is 0 Å². The van der Waals surface area contributed by atoms with Crippen LogP contribution in [0, 0.1) is 0 Å². The Morgan fingerprint density at radius 1 is 1.16 bits per heavy atom. The molecule has 3 N–H and O–H groups in total. The van der Waals surface area contributed by atoms with Gasteiger partial charge in [-0.2, -0.15) is 0 Å². The van der Waals surface area contributed by atoms with Gasteiger partial charge >= 0.3 is 5.97 Å². The Morgan fingerprint density at radius 2 is 1.84 bits per heavy atom. The summed E-state index contributed by atoms with van der Waals surface area (Å²) in [5.74, 6) is -0.360. The molecule has 0 heterocycles. The number of hydrogen-bond acceptors (Lipinski definition) is 4. The molecule has 0 radical (unpaired) electrons. The van der Waals surface area contributed by atoms with E-state index in [0.717, 1.165) is 16.9 Å². The number of anilines is 2. The van der Waals surface area contributed by atoms with Gasteiger partial charge in [-0.15, -0.1) is 0 Å². The number of ether oxygens (including phenoxy) is 1. The number of benzene rings is 2. The predicted molar refractivity (Wildman–Crippen MR) is 75.4 cm³/mol. The molecule has 98 valence electrons. The summed E-state index contributed by atoms with van der Waals surface area (Å²) in [6, 6.07) is 15.0. The minimum Gasteiger partial charge on any atom is -0.465 e. The van der Waals surface area contributed by atoms with Crippen molar-refractivity contribution in [2.24, 2.45) is 5.73 Å². The number of para-hydroxylation sites is 1. The Kier molecular flexibility index (Phi) is 4.15. The molecule has 0 fully saturated rings. The molecule has 0 amide bonds. The van der Waals surface area contributed by atoms with Crippen LogP contribution in [-0.4, -0.2) is 13.1 Å². The smallest absolute Gasteiger partial charge is 0.339 e. The molecular weight excluding hydrogens is 240 g/mol. The van der Waals surface area contributed by atoms with Crippen molar-refractivity contribution in [2.45, 2.75) is 6.54 Å². The standard InChI is InChI=1S/C15H16N2O2/c1-19-15(18)13-4-2-3-5-14(13)17-12-8-6-11(10-16)7-9-12/h2-9,17H,10,16H2,1H3. The van der Waals surface area contributed by atoms with Gasteiger partial charge in [0.1, 0.15) is 0 Å². The number of carbonyl (C=O) groups excluding carboxylic acids is 1. The fraction of sp³-hybridized carbons (Fsp3) is 0.133. The number of carbonyl (C=O) groups is 1. The maximum Gasteiger partial charge on any atom is 0.339 e. The number of methoxy groups -OCH3 is 1. The highest BCUT2D eigenvalue weighted by Crippen LogP contribution is 2.21. The van der Waals surface area contributed by atoms with E-state index in [1.807, 2.05) is 36.4 Å². The second-order valence-corrected chi connectivity index (χ2v) is 4.06. The third kappa shape index (κ3) is 3.11. The lowest BCUT2D eigenvalue weighted by atomic mass is 10.1. The Hall–Kier alpha value is -2.33. The largest absolute Gasteiger partial charge is 0.465 e. The summed E-state index contributed by atoms with van der Waals surface area (Å²) < 4.78 is 4.76. The first-order valence-electron chi connectivity index (χ1n) is 5.98. The molecule has 4 nitrogen and oxygen atoms in total. The van der Waals surface area contributed by atoms with Gasteiger partial charge in [0.05, 0.1) is 18.4 Å². The number of rotatable bonds is 4. The second-order valence-electron chi connectivity index (χ2n) is 4.06. The van der Waals surface area contributed by atoms with Gasteiger partial charge in [0, 0.05) is 12.2 Å². The Morgan fingerprint density at radius 3 is 2.47 bits per heavy atom. The van der Waals surface area contributed by atoms with Crippen molar-refractivity contribution < 1.29 is 9.53 Å². The number of nitrogens with one attached hydrogen (secondary N) is 1. The fourth-order valence-corrected chi connectivity index (χ4v) is 1.76. The zero-order valence-electron chi connectivity index (χ0n) is 10.7. The number of hydrogen-bond donors (Lipinski definition) is 2. The van der Waals surface area contributed by atoms with E-state index in [4.69, 9.17) is 10.5 Å². The van der Waals surface area contributed by atoms with Gasteiger partial charge in [-0.05, 0) is 29.8 Å². The Balaban J connectivity index is 2.25. The predicted octanol–water partition coefficient (Wildman–Crippen LogP) is 2.68. The summed E-state index contributed by atoms with van der Waals surface area (Å²) in [6.45, 7) is 0.513. The van der Waals surface area contributed by atoms with Crippen molar-refractivity contribution in [3.8, 4) is 0 Å². The normalized spacial score (nSPS) is 10.0. The fourth-order valence-electron chi connectivity index (χ4n) is 1.76. The SMILES string of the molecule is COC(=O)c1ccccc1Nc1ccc(CN)cc1. The van der Waals surface area contributed by atoms with Crippen LogP contribution in [0.4, 0.5) is 11.4 Å². The third-order valence-corrected chi connectivity index (χ3v) is 2.80. The zero-order valence-corrected chi connectivity index (χ0v) is 10.7. The van der Waals surface area contributed by atoms with E-state index in [0.29, 0.717) is 12.1 Å². The van der Waals surface area contributed by atoms with Gasteiger partial charge < -0.3 is 15.8 Å². The van der Waals surface area contributed by atoms with Crippen molar-refractivity contribution in [1.29, 1.82) is 0 Å². The first kappa shape index (κ1) is 13.1. The highest BCUT2D eigenvalue weighted by molar-refractivity contribution is 5.96. The van der Waals surface area contributed by atoms with Gasteiger partial charge in [-0.3, -0.25) is 0 Å². The quantitative estimate of drug-likeness (QED) is 0.825. The molecule has 4 heteroatoms. The van der Waals surface area contributed by atoms with E-state index in [9.17, 15) is 4.79 Å². The lowest BCUT2D eigenvalue weighted by Gasteiger charge is -2.11. The molecule has 0 atom stereocenters. The lowest BCUT2D eigenvalue weighted by Crippen LogP contribution is -2.05. The van der Waals surface area contributed by atoms with E-state index in [2.05, 4.69) is 5.32 Å². The monoisotopic (exact) mass is 256 g/mol. The molecule has 0 saturated carbocycles. The molecule has 2 aromatic carbocycles. The second kappa shape index (κ2) is 6.02. The minimum absolute atomic E-state index is 0.360. The summed E-state index contributed by atoms with van der Waals surface area (Å²) in [7, 11) is 1.37. The Labute approximate surface area is 112 Å². The van der Waals surface area contributed by atoms with Crippen LogP contribution in [0.25, 0.3) is 0 Å². The van der Waals surface area contributed by atoms with E-state index < -0.39 is 0 Å². The van der Waals surface area contributed by atoms with Crippen LogP contribution in [0.5, 0.6) is 0 Å². The van der Waals surface area contributed by atoms with Gasteiger partial charge in [-0.25, -0.2) is 4.79 Å². The summed E-state index contributed by atoms with van der Waals surface area (Å²) in [5.41, 5.74) is 8.74. The average Bonchev–Trinajstić information content (AvgIpc) is 2.48. The van der Waals surface area contributed by atoms with Crippen molar-refractivity contribution in [3.05, 3.63) is 59.7 Å². The van der Waals surface area contributed by atoms with Crippen LogP contribution in [0.1, 0.15) is 15.9 Å². The molecule has 0 aliphatic rings. The van der Waals surface area contributed by atoms with Crippen LogP contribution in [0.2, 0.25) is 0 Å². The lowest BCUT2D eigenvalue weighted by molar-refractivity contribution is 0.0602. The van der Waals surface area contributed by atoms with E-state index in [-0.39, 0.29) is 5.97 Å². The number of nitrogens with two attached hydrogens (primary N) is 1.